The number of quaternary nitrogens is 1. The van der Waals surface area contributed by atoms with E-state index >= 15 is 0 Å². The van der Waals surface area contributed by atoms with Crippen molar-refractivity contribution in [1.82, 2.24) is 0 Å². The van der Waals surface area contributed by atoms with Crippen LogP contribution in [0.2, 0.25) is 0 Å². The number of likely N-dealkylation sites (N-methyl/N-ethyl adjacent to an activating group) is 1. The van der Waals surface area contributed by atoms with E-state index in [9.17, 15) is 19.5 Å². The minimum atomic E-state index is -4.55. The largest absolute Gasteiger partial charge is 0.373 e. The van der Waals surface area contributed by atoms with Gasteiger partial charge in [-0.05, 0) is 38.5 Å². The van der Waals surface area contributed by atoms with Crippen molar-refractivity contribution in [3.05, 3.63) is 12.2 Å². The van der Waals surface area contributed by atoms with Gasteiger partial charge in [-0.2, -0.15) is 0 Å². The molecule has 0 rings (SSSR count). The number of allylic oxidation sites excluding steroid dienone is 2. The Bertz CT molecular complexity index is 512. The van der Waals surface area contributed by atoms with Crippen LogP contribution in [0, 0.1) is 0 Å². The topological polar surface area (TPSA) is 77.8 Å². The van der Waals surface area contributed by atoms with Crippen LogP contribution in [0.4, 0.5) is 0 Å². The summed E-state index contributed by atoms with van der Waals surface area (Å²) in [6.07, 6.45) is 25.8. The Morgan fingerprint density at radius 1 is 0.688 bits per heavy atom. The summed E-state index contributed by atoms with van der Waals surface area (Å²) in [5.74, 6) is 0. The third kappa shape index (κ3) is 18.3. The number of rotatable bonds is 22. The van der Waals surface area contributed by atoms with E-state index in [0.717, 1.165) is 32.1 Å². The number of unbranched alkanes of at least 4 members (excludes halogenated alkanes) is 15. The molecule has 0 aliphatic carbocycles. The van der Waals surface area contributed by atoms with Crippen molar-refractivity contribution in [2.75, 3.05) is 27.7 Å². The maximum Gasteiger partial charge on any atom is 0.362 e. The van der Waals surface area contributed by atoms with Gasteiger partial charge >= 0.3 is 7.60 Å². The maximum atomic E-state index is 11.8. The average Bonchev–Trinajstić information content (AvgIpc) is 2.67. The van der Waals surface area contributed by atoms with Gasteiger partial charge < -0.3 is 19.4 Å². The average molecular weight is 477 g/mol. The molecule has 0 aliphatic rings. The lowest BCUT2D eigenvalue weighted by Crippen LogP contribution is -2.49. The number of aliphatic hydroxyl groups is 1. The van der Waals surface area contributed by atoms with E-state index in [4.69, 9.17) is 0 Å². The zero-order chi connectivity index (χ0) is 24.3. The number of hydrogen-bond acceptors (Lipinski definition) is 2. The highest BCUT2D eigenvalue weighted by atomic mass is 31.2. The fraction of sp³-hybridized carbons (Fsp3) is 0.923. The van der Waals surface area contributed by atoms with Crippen LogP contribution in [0.1, 0.15) is 122 Å². The smallest absolute Gasteiger partial charge is 0.362 e. The minimum absolute atomic E-state index is 0.0567. The molecule has 0 aliphatic heterocycles. The lowest BCUT2D eigenvalue weighted by atomic mass is 10.0. The number of nitrogens with zero attached hydrogens (tertiary/aromatic N) is 1. The molecular weight excluding hydrogens is 421 g/mol. The van der Waals surface area contributed by atoms with Crippen LogP contribution in [0.5, 0.6) is 0 Å². The third-order valence-electron chi connectivity index (χ3n) is 6.11. The van der Waals surface area contributed by atoms with Gasteiger partial charge in [-0.25, -0.2) is 0 Å². The predicted octanol–water partition coefficient (Wildman–Crippen LogP) is 7.16. The van der Waals surface area contributed by atoms with Gasteiger partial charge in [0.15, 0.2) is 0 Å². The van der Waals surface area contributed by atoms with Crippen LogP contribution < -0.4 is 0 Å². The van der Waals surface area contributed by atoms with Gasteiger partial charge in [0.2, 0.25) is 5.34 Å². The second-order valence-electron chi connectivity index (χ2n) is 10.7. The Hall–Kier alpha value is -0.190. The first-order valence-electron chi connectivity index (χ1n) is 13.3. The molecule has 6 heteroatoms. The summed E-state index contributed by atoms with van der Waals surface area (Å²) >= 11 is 0. The molecule has 0 saturated heterocycles. The van der Waals surface area contributed by atoms with Crippen molar-refractivity contribution in [2.24, 2.45) is 0 Å². The van der Waals surface area contributed by atoms with Crippen LogP contribution in [-0.2, 0) is 4.57 Å². The van der Waals surface area contributed by atoms with E-state index in [1.165, 1.54) is 70.6 Å². The van der Waals surface area contributed by atoms with Gasteiger partial charge in [-0.1, -0.05) is 96.1 Å². The highest BCUT2D eigenvalue weighted by molar-refractivity contribution is 7.53. The van der Waals surface area contributed by atoms with E-state index in [-0.39, 0.29) is 13.0 Å². The Kier molecular flexibility index (Phi) is 18.1. The van der Waals surface area contributed by atoms with Crippen LogP contribution in [0.25, 0.3) is 0 Å². The van der Waals surface area contributed by atoms with Gasteiger partial charge in [0.05, 0.1) is 21.1 Å². The second kappa shape index (κ2) is 18.2. The van der Waals surface area contributed by atoms with Crippen LogP contribution >= 0.6 is 7.60 Å². The molecule has 0 aromatic rings. The summed E-state index contributed by atoms with van der Waals surface area (Å²) in [7, 11) is 0.967. The molecule has 0 radical (unpaired) electrons. The molecule has 0 heterocycles. The highest BCUT2D eigenvalue weighted by Crippen LogP contribution is 2.52. The molecule has 192 valence electrons. The summed E-state index contributed by atoms with van der Waals surface area (Å²) in [5.41, 5.74) is 0. The third-order valence-corrected chi connectivity index (χ3v) is 7.56. The molecule has 1 atom stereocenters. The Morgan fingerprint density at radius 2 is 1.06 bits per heavy atom. The molecule has 0 aromatic heterocycles. The number of hydrogen-bond donors (Lipinski definition) is 3. The molecule has 0 bridgehead atoms. The quantitative estimate of drug-likeness (QED) is 0.0670. The molecule has 0 aromatic carbocycles. The zero-order valence-electron chi connectivity index (χ0n) is 21.7. The first kappa shape index (κ1) is 31.8. The molecule has 32 heavy (non-hydrogen) atoms. The van der Waals surface area contributed by atoms with Crippen molar-refractivity contribution in [1.29, 1.82) is 0 Å². The molecule has 1 unspecified atom stereocenters. The van der Waals surface area contributed by atoms with Gasteiger partial charge in [0.1, 0.15) is 6.54 Å². The normalized spacial score (nSPS) is 14.8. The van der Waals surface area contributed by atoms with Crippen LogP contribution in [0.15, 0.2) is 12.2 Å². The van der Waals surface area contributed by atoms with E-state index in [2.05, 4.69) is 19.1 Å². The molecular formula is C26H55NO4P+. The summed E-state index contributed by atoms with van der Waals surface area (Å²) in [5, 5.41) is 8.63. The monoisotopic (exact) mass is 476 g/mol. The van der Waals surface area contributed by atoms with E-state index in [1.54, 1.807) is 0 Å². The first-order valence-corrected chi connectivity index (χ1v) is 14.9. The lowest BCUT2D eigenvalue weighted by Gasteiger charge is -2.35. The van der Waals surface area contributed by atoms with Crippen molar-refractivity contribution >= 4 is 7.60 Å². The fourth-order valence-corrected chi connectivity index (χ4v) is 5.32. The molecule has 0 saturated carbocycles. The van der Waals surface area contributed by atoms with Crippen molar-refractivity contribution in [3.8, 4) is 0 Å². The van der Waals surface area contributed by atoms with E-state index in [1.807, 2.05) is 21.1 Å². The SMILES string of the molecule is CCCCCCCCCCCC/C=C\CCCCCCCC(O)(C[N+](C)(C)C)P(=O)(O)O. The van der Waals surface area contributed by atoms with Crippen LogP contribution in [0.3, 0.4) is 0 Å². The summed E-state index contributed by atoms with van der Waals surface area (Å²) in [6, 6.07) is 0. The van der Waals surface area contributed by atoms with Gasteiger partial charge in [-0.3, -0.25) is 4.57 Å². The van der Waals surface area contributed by atoms with Crippen molar-refractivity contribution < 1.29 is 23.9 Å². The van der Waals surface area contributed by atoms with E-state index < -0.39 is 12.9 Å². The summed E-state index contributed by atoms with van der Waals surface area (Å²) < 4.78 is 12.1. The molecule has 5 nitrogen and oxygen atoms in total. The Balaban J connectivity index is 3.61. The van der Waals surface area contributed by atoms with Crippen molar-refractivity contribution in [2.45, 2.75) is 128 Å². The fourth-order valence-electron chi connectivity index (χ4n) is 4.26. The van der Waals surface area contributed by atoms with Crippen molar-refractivity contribution in [3.63, 3.8) is 0 Å². The standard InChI is InChI=1S/C26H54NO4P/c1-5-6-7-8-9-10-11-12-13-14-15-16-17-18-19-20-21-22-23-24-26(28,32(29,30)31)25-27(2,3)4/h16-17,28H,5-15,18-25H2,1-4H3,(H-,29,30,31)/p+1/b17-16-. The predicted molar refractivity (Wildman–Crippen MR) is 138 cm³/mol. The van der Waals surface area contributed by atoms with Gasteiger partial charge in [0.25, 0.3) is 0 Å². The maximum absolute atomic E-state index is 11.8. The molecule has 0 spiro atoms. The minimum Gasteiger partial charge on any atom is -0.373 e. The Morgan fingerprint density at radius 3 is 1.44 bits per heavy atom. The zero-order valence-corrected chi connectivity index (χ0v) is 22.6. The summed E-state index contributed by atoms with van der Waals surface area (Å²) in [6.45, 7) is 2.33. The second-order valence-corrected chi connectivity index (χ2v) is 12.6. The Labute approximate surface area is 199 Å². The lowest BCUT2D eigenvalue weighted by molar-refractivity contribution is -0.875. The van der Waals surface area contributed by atoms with Gasteiger partial charge in [-0.15, -0.1) is 0 Å². The molecule has 3 N–H and O–H groups in total. The highest BCUT2D eigenvalue weighted by Gasteiger charge is 2.48. The van der Waals surface area contributed by atoms with E-state index in [0.29, 0.717) is 10.9 Å². The molecule has 0 amide bonds. The van der Waals surface area contributed by atoms with Gasteiger partial charge in [0, 0.05) is 0 Å². The van der Waals surface area contributed by atoms with Crippen LogP contribution in [-0.4, -0.2) is 52.4 Å². The summed E-state index contributed by atoms with van der Waals surface area (Å²) in [4.78, 5) is 19.2. The molecule has 0 fully saturated rings. The first-order chi connectivity index (χ1) is 15.0.